The number of nitrogens with two attached hydrogens (primary N) is 1. The summed E-state index contributed by atoms with van der Waals surface area (Å²) < 4.78 is 4.74. The maximum Gasteiger partial charge on any atom is 0.334 e. The molecule has 0 radical (unpaired) electrons. The van der Waals surface area contributed by atoms with Crippen LogP contribution in [-0.4, -0.2) is 54.5 Å². The monoisotopic (exact) mass is 250 g/mol. The molecule has 1 saturated heterocycles. The van der Waals surface area contributed by atoms with E-state index in [-0.39, 0.29) is 11.9 Å². The van der Waals surface area contributed by atoms with Gasteiger partial charge in [-0.15, -0.1) is 0 Å². The number of methoxy groups -OCH3 is 1. The average molecular weight is 250 g/mol. The number of rotatable bonds is 2. The van der Waals surface area contributed by atoms with Crippen LogP contribution in [0.1, 0.15) is 10.4 Å². The smallest absolute Gasteiger partial charge is 0.334 e. The number of nitrogens with zero attached hydrogens (tertiary/aromatic N) is 2. The van der Waals surface area contributed by atoms with E-state index in [1.54, 1.807) is 23.2 Å². The summed E-state index contributed by atoms with van der Waals surface area (Å²) in [5, 5.41) is 2.01. The lowest BCUT2D eigenvalue weighted by molar-refractivity contribution is -0.665. The van der Waals surface area contributed by atoms with Gasteiger partial charge in [0.15, 0.2) is 6.04 Å². The molecule has 2 N–H and O–H groups in total. The number of carbonyl (C=O) groups excluding carboxylic acids is 2. The van der Waals surface area contributed by atoms with Gasteiger partial charge < -0.3 is 15.0 Å². The molecule has 0 bridgehead atoms. The van der Waals surface area contributed by atoms with Crippen molar-refractivity contribution in [2.24, 2.45) is 0 Å². The zero-order valence-corrected chi connectivity index (χ0v) is 10.2. The predicted molar refractivity (Wildman–Crippen MR) is 62.7 cm³/mol. The molecule has 2 heterocycles. The van der Waals surface area contributed by atoms with Gasteiger partial charge in [-0.1, -0.05) is 0 Å². The molecule has 0 unspecified atom stereocenters. The minimum absolute atomic E-state index is 0.174. The first-order chi connectivity index (χ1) is 8.74. The van der Waals surface area contributed by atoms with Crippen molar-refractivity contribution in [2.45, 2.75) is 6.04 Å². The van der Waals surface area contributed by atoms with Crippen LogP contribution in [0.25, 0.3) is 0 Å². The first kappa shape index (κ1) is 12.5. The number of hydrogen-bond donors (Lipinski definition) is 1. The SMILES string of the molecule is COC(=O)[C@H]1C[NH2+]CCN1C(=O)c1cccnc1. The molecular formula is C12H16N3O3+. The summed E-state index contributed by atoms with van der Waals surface area (Å²) in [7, 11) is 1.34. The van der Waals surface area contributed by atoms with Crippen LogP contribution in [0.15, 0.2) is 24.5 Å². The van der Waals surface area contributed by atoms with Crippen LogP contribution in [0.4, 0.5) is 0 Å². The van der Waals surface area contributed by atoms with Crippen LogP contribution in [0.2, 0.25) is 0 Å². The standard InChI is InChI=1S/C12H15N3O3/c1-18-12(17)10-8-14-5-6-15(10)11(16)9-3-2-4-13-7-9/h2-4,7,10,14H,5-6,8H2,1H3/p+1/t10-/m1/s1. The minimum Gasteiger partial charge on any atom is -0.467 e. The molecule has 96 valence electrons. The normalized spacial score (nSPS) is 19.4. The lowest BCUT2D eigenvalue weighted by atomic mass is 10.1. The molecule has 1 aliphatic rings. The van der Waals surface area contributed by atoms with Crippen molar-refractivity contribution in [3.05, 3.63) is 30.1 Å². The zero-order valence-electron chi connectivity index (χ0n) is 10.2. The van der Waals surface area contributed by atoms with E-state index in [1.165, 1.54) is 13.3 Å². The second-order valence-electron chi connectivity index (χ2n) is 4.09. The number of hydrogen-bond acceptors (Lipinski definition) is 4. The summed E-state index contributed by atoms with van der Waals surface area (Å²) in [6.45, 7) is 1.87. The van der Waals surface area contributed by atoms with E-state index in [0.717, 1.165) is 6.54 Å². The molecule has 1 aliphatic heterocycles. The van der Waals surface area contributed by atoms with Crippen LogP contribution in [0.5, 0.6) is 0 Å². The van der Waals surface area contributed by atoms with E-state index in [1.807, 2.05) is 5.32 Å². The summed E-state index contributed by atoms with van der Waals surface area (Å²) in [6, 6.07) is 2.88. The number of quaternary nitrogens is 1. The molecule has 1 atom stereocenters. The molecule has 0 spiro atoms. The molecule has 18 heavy (non-hydrogen) atoms. The van der Waals surface area contributed by atoms with Gasteiger partial charge in [-0.05, 0) is 12.1 Å². The first-order valence-electron chi connectivity index (χ1n) is 5.84. The lowest BCUT2D eigenvalue weighted by Crippen LogP contribution is -2.92. The van der Waals surface area contributed by atoms with E-state index >= 15 is 0 Å². The number of ether oxygens (including phenoxy) is 1. The summed E-state index contributed by atoms with van der Waals surface area (Å²) in [5.74, 6) is -0.546. The second kappa shape index (κ2) is 5.59. The Hall–Kier alpha value is -1.95. The molecule has 6 nitrogen and oxygen atoms in total. The van der Waals surface area contributed by atoms with E-state index in [0.29, 0.717) is 18.7 Å². The number of piperazine rings is 1. The maximum absolute atomic E-state index is 12.3. The van der Waals surface area contributed by atoms with Gasteiger partial charge in [0, 0.05) is 12.4 Å². The van der Waals surface area contributed by atoms with Gasteiger partial charge in [0.1, 0.15) is 6.54 Å². The molecule has 1 fully saturated rings. The van der Waals surface area contributed by atoms with Crippen molar-refractivity contribution in [3.8, 4) is 0 Å². The van der Waals surface area contributed by atoms with E-state index < -0.39 is 6.04 Å². The maximum atomic E-state index is 12.3. The van der Waals surface area contributed by atoms with Crippen LogP contribution >= 0.6 is 0 Å². The van der Waals surface area contributed by atoms with Crippen LogP contribution in [-0.2, 0) is 9.53 Å². The fourth-order valence-corrected chi connectivity index (χ4v) is 2.05. The Labute approximate surface area is 105 Å². The molecule has 6 heteroatoms. The van der Waals surface area contributed by atoms with Gasteiger partial charge >= 0.3 is 5.97 Å². The Morgan fingerprint density at radius 3 is 3.06 bits per heavy atom. The molecule has 1 amide bonds. The van der Waals surface area contributed by atoms with E-state index in [9.17, 15) is 9.59 Å². The Bertz CT molecular complexity index is 435. The van der Waals surface area contributed by atoms with Gasteiger partial charge in [-0.3, -0.25) is 9.78 Å². The van der Waals surface area contributed by atoms with Crippen molar-refractivity contribution in [1.82, 2.24) is 9.88 Å². The Morgan fingerprint density at radius 2 is 2.39 bits per heavy atom. The molecule has 2 rings (SSSR count). The minimum atomic E-state index is -0.517. The fourth-order valence-electron chi connectivity index (χ4n) is 2.05. The highest BCUT2D eigenvalue weighted by atomic mass is 16.5. The third kappa shape index (κ3) is 2.48. The van der Waals surface area contributed by atoms with Gasteiger partial charge in [-0.2, -0.15) is 0 Å². The first-order valence-corrected chi connectivity index (χ1v) is 5.84. The molecular weight excluding hydrogens is 234 g/mol. The van der Waals surface area contributed by atoms with Gasteiger partial charge in [-0.25, -0.2) is 4.79 Å². The van der Waals surface area contributed by atoms with Crippen molar-refractivity contribution < 1.29 is 19.6 Å². The number of aromatic nitrogens is 1. The summed E-state index contributed by atoms with van der Waals surface area (Å²) in [6.07, 6.45) is 3.12. The molecule has 1 aromatic rings. The van der Waals surface area contributed by atoms with Crippen LogP contribution in [0, 0.1) is 0 Å². The molecule has 0 saturated carbocycles. The molecule has 1 aromatic heterocycles. The van der Waals surface area contributed by atoms with Crippen molar-refractivity contribution in [2.75, 3.05) is 26.7 Å². The lowest BCUT2D eigenvalue weighted by Gasteiger charge is -2.32. The summed E-state index contributed by atoms with van der Waals surface area (Å²) >= 11 is 0. The number of amides is 1. The zero-order chi connectivity index (χ0) is 13.0. The Kier molecular flexibility index (Phi) is 3.88. The predicted octanol–water partition coefficient (Wildman–Crippen LogP) is -1.36. The van der Waals surface area contributed by atoms with E-state index in [2.05, 4.69) is 4.98 Å². The van der Waals surface area contributed by atoms with Gasteiger partial charge in [0.2, 0.25) is 0 Å². The number of carbonyl (C=O) groups is 2. The second-order valence-corrected chi connectivity index (χ2v) is 4.09. The Balaban J connectivity index is 2.19. The topological polar surface area (TPSA) is 76.1 Å². The van der Waals surface area contributed by atoms with Gasteiger partial charge in [0.05, 0.1) is 25.8 Å². The third-order valence-corrected chi connectivity index (χ3v) is 2.98. The number of pyridine rings is 1. The summed E-state index contributed by atoms with van der Waals surface area (Å²) in [5.41, 5.74) is 0.494. The van der Waals surface area contributed by atoms with E-state index in [4.69, 9.17) is 4.74 Å². The highest BCUT2D eigenvalue weighted by Crippen LogP contribution is 2.09. The number of esters is 1. The van der Waals surface area contributed by atoms with Crippen molar-refractivity contribution in [1.29, 1.82) is 0 Å². The largest absolute Gasteiger partial charge is 0.467 e. The van der Waals surface area contributed by atoms with Crippen molar-refractivity contribution >= 4 is 11.9 Å². The highest BCUT2D eigenvalue weighted by molar-refractivity contribution is 5.96. The Morgan fingerprint density at radius 1 is 1.56 bits per heavy atom. The molecule has 0 aliphatic carbocycles. The van der Waals surface area contributed by atoms with Crippen LogP contribution < -0.4 is 5.32 Å². The average Bonchev–Trinajstić information content (AvgIpc) is 2.46. The van der Waals surface area contributed by atoms with Crippen LogP contribution in [0.3, 0.4) is 0 Å². The highest BCUT2D eigenvalue weighted by Gasteiger charge is 2.35. The van der Waals surface area contributed by atoms with Crippen molar-refractivity contribution in [3.63, 3.8) is 0 Å². The summed E-state index contributed by atoms with van der Waals surface area (Å²) in [4.78, 5) is 29.4. The van der Waals surface area contributed by atoms with Gasteiger partial charge in [0.25, 0.3) is 5.91 Å². The fraction of sp³-hybridized carbons (Fsp3) is 0.417. The third-order valence-electron chi connectivity index (χ3n) is 2.98. The quantitative estimate of drug-likeness (QED) is 0.658. The molecule has 0 aromatic carbocycles.